The number of rotatable bonds is 4. The fraction of sp³-hybridized carbons (Fsp3) is 0. The topological polar surface area (TPSA) is 47.2 Å². The van der Waals surface area contributed by atoms with Crippen molar-refractivity contribution in [1.29, 1.82) is 0 Å². The lowest BCUT2D eigenvalue weighted by Crippen LogP contribution is -3.62. The van der Waals surface area contributed by atoms with Crippen molar-refractivity contribution >= 4 is 0 Å². The number of hydrogen-bond acceptors (Lipinski definition) is 2. The van der Waals surface area contributed by atoms with E-state index in [1.807, 2.05) is 91.0 Å². The van der Waals surface area contributed by atoms with E-state index in [1.54, 1.807) is 9.36 Å². The number of benzene rings is 3. The summed E-state index contributed by atoms with van der Waals surface area (Å²) < 4.78 is 4.71. The van der Waals surface area contributed by atoms with E-state index in [9.17, 15) is 9.90 Å². The van der Waals surface area contributed by atoms with Gasteiger partial charge in [-0.3, -0.25) is 4.79 Å². The van der Waals surface area contributed by atoms with E-state index in [0.29, 0.717) is 3.57 Å². The highest BCUT2D eigenvalue weighted by Crippen LogP contribution is 2.18. The van der Waals surface area contributed by atoms with Gasteiger partial charge < -0.3 is 5.11 Å². The fourth-order valence-corrected chi connectivity index (χ4v) is 5.07. The minimum atomic E-state index is -0.799. The second kappa shape index (κ2) is 7.21. The Hall–Kier alpha value is -2.80. The Balaban J connectivity index is 1.95. The summed E-state index contributed by atoms with van der Waals surface area (Å²) in [6.07, 6.45) is 0. The Morgan fingerprint density at radius 3 is 1.65 bits per heavy atom. The van der Waals surface area contributed by atoms with Crippen LogP contribution >= 0.6 is 0 Å². The van der Waals surface area contributed by atoms with Gasteiger partial charge in [0.1, 0.15) is 0 Å². The molecule has 0 aliphatic carbocycles. The molecule has 1 heterocycles. The molecule has 4 aromatic rings. The van der Waals surface area contributed by atoms with Crippen LogP contribution in [0.1, 0.15) is 0 Å². The van der Waals surface area contributed by atoms with Crippen molar-refractivity contribution in [2.45, 2.75) is 0 Å². The van der Waals surface area contributed by atoms with Crippen molar-refractivity contribution < 1.29 is 26.3 Å². The number of para-hydroxylation sites is 2. The zero-order valence-corrected chi connectivity index (χ0v) is 15.9. The molecule has 0 spiro atoms. The van der Waals surface area contributed by atoms with E-state index in [0.717, 1.165) is 14.9 Å². The molecule has 4 nitrogen and oxygen atoms in total. The second-order valence-electron chi connectivity index (χ2n) is 5.63. The molecule has 4 rings (SSSR count). The van der Waals surface area contributed by atoms with Gasteiger partial charge in [0.25, 0.3) is 5.88 Å². The summed E-state index contributed by atoms with van der Waals surface area (Å²) in [4.78, 5) is 13.2. The summed E-state index contributed by atoms with van der Waals surface area (Å²) in [7, 11) is 0. The Morgan fingerprint density at radius 1 is 0.654 bits per heavy atom. The highest BCUT2D eigenvalue weighted by Gasteiger charge is 2.33. The number of aromatic hydroxyl groups is 1. The third-order valence-corrected chi connectivity index (χ3v) is 6.74. The molecular formula is C21H16IN2O2+. The molecule has 0 saturated carbocycles. The van der Waals surface area contributed by atoms with Crippen LogP contribution < -0.4 is 26.8 Å². The van der Waals surface area contributed by atoms with Crippen LogP contribution in [-0.2, 0) is 0 Å². The minimum Gasteiger partial charge on any atom is -0.490 e. The molecular weight excluding hydrogens is 439 g/mol. The smallest absolute Gasteiger partial charge is 0.370 e. The first-order chi connectivity index (χ1) is 12.8. The highest BCUT2D eigenvalue weighted by atomic mass is 127. The first-order valence-electron chi connectivity index (χ1n) is 8.13. The molecule has 26 heavy (non-hydrogen) atoms. The molecule has 0 bridgehead atoms. The number of hydrogen-bond donors (Lipinski definition) is 1. The average molecular weight is 455 g/mol. The molecule has 0 unspecified atom stereocenters. The molecule has 1 N–H and O–H groups in total. The maximum atomic E-state index is 13.2. The summed E-state index contributed by atoms with van der Waals surface area (Å²) in [5, 5.41) is 10.9. The van der Waals surface area contributed by atoms with E-state index in [4.69, 9.17) is 0 Å². The largest absolute Gasteiger partial charge is 0.490 e. The molecule has 1 aromatic heterocycles. The van der Waals surface area contributed by atoms with Gasteiger partial charge in [0.15, 0.2) is 3.57 Å². The van der Waals surface area contributed by atoms with Crippen molar-refractivity contribution in [2.24, 2.45) is 0 Å². The molecule has 3 aromatic carbocycles. The summed E-state index contributed by atoms with van der Waals surface area (Å²) in [6.45, 7) is 0. The Morgan fingerprint density at radius 2 is 1.12 bits per heavy atom. The van der Waals surface area contributed by atoms with Gasteiger partial charge in [-0.05, 0) is 36.4 Å². The van der Waals surface area contributed by atoms with Gasteiger partial charge in [-0.1, -0.05) is 54.6 Å². The lowest BCUT2D eigenvalue weighted by molar-refractivity contribution is -0.599. The van der Waals surface area contributed by atoms with E-state index < -0.39 is 21.2 Å². The first-order valence-corrected chi connectivity index (χ1v) is 10.3. The SMILES string of the molecule is O=c1c([I+]c2ccccc2)c(O)n(-c2ccccc2)n1-c1ccccc1. The highest BCUT2D eigenvalue weighted by molar-refractivity contribution is 5.39. The summed E-state index contributed by atoms with van der Waals surface area (Å²) in [5.74, 6) is 0.0155. The van der Waals surface area contributed by atoms with Crippen LogP contribution in [0.15, 0.2) is 95.8 Å². The molecule has 0 atom stereocenters. The van der Waals surface area contributed by atoms with Gasteiger partial charge in [-0.2, -0.15) is 0 Å². The molecule has 5 heteroatoms. The van der Waals surface area contributed by atoms with Crippen LogP contribution in [0.4, 0.5) is 0 Å². The van der Waals surface area contributed by atoms with Gasteiger partial charge in [0, 0.05) is 0 Å². The van der Waals surface area contributed by atoms with Crippen molar-refractivity contribution in [1.82, 2.24) is 9.36 Å². The van der Waals surface area contributed by atoms with Crippen molar-refractivity contribution in [3.63, 3.8) is 0 Å². The Kier molecular flexibility index (Phi) is 4.62. The summed E-state index contributed by atoms with van der Waals surface area (Å²) in [5.41, 5.74) is 1.29. The number of nitrogens with zero attached hydrogens (tertiary/aromatic N) is 2. The third-order valence-electron chi connectivity index (χ3n) is 3.92. The lowest BCUT2D eigenvalue weighted by Gasteiger charge is -2.11. The first kappa shape index (κ1) is 16.7. The number of aromatic nitrogens is 2. The van der Waals surface area contributed by atoms with Crippen LogP contribution in [0.2, 0.25) is 0 Å². The zero-order valence-electron chi connectivity index (χ0n) is 13.8. The van der Waals surface area contributed by atoms with Gasteiger partial charge in [-0.15, -0.1) is 0 Å². The summed E-state index contributed by atoms with van der Waals surface area (Å²) in [6, 6.07) is 28.7. The van der Waals surface area contributed by atoms with Crippen LogP contribution in [0.3, 0.4) is 0 Å². The Labute approximate surface area is 161 Å². The van der Waals surface area contributed by atoms with Crippen LogP contribution in [0.5, 0.6) is 5.88 Å². The molecule has 0 radical (unpaired) electrons. The van der Waals surface area contributed by atoms with E-state index in [2.05, 4.69) is 0 Å². The van der Waals surface area contributed by atoms with Gasteiger partial charge >= 0.3 is 30.3 Å². The van der Waals surface area contributed by atoms with Gasteiger partial charge in [-0.25, -0.2) is 9.36 Å². The van der Waals surface area contributed by atoms with Crippen LogP contribution in [0, 0.1) is 7.14 Å². The summed E-state index contributed by atoms with van der Waals surface area (Å²) >= 11 is -0.799. The Bertz CT molecular complexity index is 1070. The van der Waals surface area contributed by atoms with Gasteiger partial charge in [0.2, 0.25) is 0 Å². The van der Waals surface area contributed by atoms with Crippen LogP contribution in [0.25, 0.3) is 11.4 Å². The second-order valence-corrected chi connectivity index (χ2v) is 8.49. The monoisotopic (exact) mass is 455 g/mol. The number of halogens is 1. The molecule has 0 fully saturated rings. The molecule has 0 aliphatic rings. The van der Waals surface area contributed by atoms with Gasteiger partial charge in [0.05, 0.1) is 11.4 Å². The van der Waals surface area contributed by atoms with Crippen molar-refractivity contribution in [2.75, 3.05) is 0 Å². The fourth-order valence-electron chi connectivity index (χ4n) is 2.75. The molecule has 0 saturated heterocycles. The average Bonchev–Trinajstić information content (AvgIpc) is 2.95. The van der Waals surface area contributed by atoms with Crippen molar-refractivity contribution in [3.8, 4) is 17.3 Å². The normalized spacial score (nSPS) is 10.8. The molecule has 0 amide bonds. The third kappa shape index (κ3) is 3.06. The van der Waals surface area contributed by atoms with E-state index in [-0.39, 0.29) is 11.4 Å². The molecule has 128 valence electrons. The van der Waals surface area contributed by atoms with E-state index in [1.165, 1.54) is 0 Å². The quantitative estimate of drug-likeness (QED) is 0.455. The maximum absolute atomic E-state index is 13.2. The standard InChI is InChI=1S/C21H15IN2O2/c25-20-19(22-16-10-4-1-5-11-16)21(26)24(18-14-8-3-9-15-18)23(20)17-12-6-2-7-13-17/h1-15H/p+1. The maximum Gasteiger partial charge on any atom is 0.370 e. The predicted molar refractivity (Wildman–Crippen MR) is 96.9 cm³/mol. The van der Waals surface area contributed by atoms with E-state index >= 15 is 0 Å². The zero-order chi connectivity index (χ0) is 17.9. The van der Waals surface area contributed by atoms with Crippen molar-refractivity contribution in [3.05, 3.63) is 108 Å². The molecule has 0 aliphatic heterocycles. The van der Waals surface area contributed by atoms with Crippen LogP contribution in [-0.4, -0.2) is 14.5 Å². The minimum absolute atomic E-state index is 0.0155. The lowest BCUT2D eigenvalue weighted by atomic mass is 10.3. The predicted octanol–water partition coefficient (Wildman–Crippen LogP) is 0.462.